The minimum atomic E-state index is -1.04. The van der Waals surface area contributed by atoms with Gasteiger partial charge >= 0.3 is 5.97 Å². The highest BCUT2D eigenvalue weighted by atomic mass is 16.4. The summed E-state index contributed by atoms with van der Waals surface area (Å²) in [6, 6.07) is 1.09. The van der Waals surface area contributed by atoms with E-state index in [1.165, 1.54) is 10.9 Å². The van der Waals surface area contributed by atoms with Crippen LogP contribution in [-0.4, -0.2) is 47.1 Å². The third kappa shape index (κ3) is 4.73. The number of hydrogen-bond acceptors (Lipinski definition) is 6. The first-order valence-corrected chi connectivity index (χ1v) is 9.89. The lowest BCUT2D eigenvalue weighted by molar-refractivity contribution is -0.141. The molecule has 0 aliphatic heterocycles. The minimum absolute atomic E-state index is 0.0842. The van der Waals surface area contributed by atoms with Crippen molar-refractivity contribution < 1.29 is 15.0 Å². The molecule has 0 amide bonds. The van der Waals surface area contributed by atoms with Crippen LogP contribution in [-0.2, 0) is 11.3 Å². The van der Waals surface area contributed by atoms with Crippen molar-refractivity contribution in [1.82, 2.24) is 24.3 Å². The Morgan fingerprint density at radius 3 is 2.76 bits per heavy atom. The minimum Gasteiger partial charge on any atom is -0.480 e. The van der Waals surface area contributed by atoms with Gasteiger partial charge in [-0.2, -0.15) is 10.1 Å². The summed E-state index contributed by atoms with van der Waals surface area (Å²) in [6.45, 7) is 7.34. The Morgan fingerprint density at radius 1 is 1.31 bits per heavy atom. The van der Waals surface area contributed by atoms with Crippen LogP contribution in [0.3, 0.4) is 0 Å². The largest absolute Gasteiger partial charge is 0.480 e. The zero-order valence-electron chi connectivity index (χ0n) is 17.0. The van der Waals surface area contributed by atoms with Gasteiger partial charge in [0.15, 0.2) is 6.04 Å². The van der Waals surface area contributed by atoms with Crippen molar-refractivity contribution in [3.8, 4) is 0 Å². The number of rotatable bonds is 10. The van der Waals surface area contributed by atoms with E-state index in [4.69, 9.17) is 5.11 Å². The highest BCUT2D eigenvalue weighted by Crippen LogP contribution is 2.23. The highest BCUT2D eigenvalue weighted by Gasteiger charge is 2.20. The number of anilines is 2. The number of aliphatic hydroxyl groups is 1. The molecule has 0 saturated heterocycles. The molecular weight excluding hydrogens is 372 g/mol. The maximum atomic E-state index is 11.4. The Hall–Kier alpha value is -2.94. The van der Waals surface area contributed by atoms with Crippen LogP contribution in [0.5, 0.6) is 0 Å². The zero-order chi connectivity index (χ0) is 21.0. The van der Waals surface area contributed by atoms with Crippen molar-refractivity contribution in [2.45, 2.75) is 46.2 Å². The lowest BCUT2D eigenvalue weighted by atomic mass is 9.93. The van der Waals surface area contributed by atoms with Gasteiger partial charge in [-0.05, 0) is 17.9 Å². The van der Waals surface area contributed by atoms with Crippen LogP contribution >= 0.6 is 0 Å². The summed E-state index contributed by atoms with van der Waals surface area (Å²) in [7, 11) is 0. The number of nitrogens with one attached hydrogen (secondary N) is 1. The fraction of sp³-hybridized carbons (Fsp3) is 0.500. The smallest absolute Gasteiger partial charge is 0.328 e. The molecule has 9 nitrogen and oxygen atoms in total. The van der Waals surface area contributed by atoms with Crippen molar-refractivity contribution in [3.63, 3.8) is 0 Å². The fourth-order valence-corrected chi connectivity index (χ4v) is 3.44. The monoisotopic (exact) mass is 400 g/mol. The Labute approximate surface area is 169 Å². The molecule has 3 aromatic rings. The molecule has 0 saturated carbocycles. The fourth-order valence-electron chi connectivity index (χ4n) is 3.44. The first-order chi connectivity index (χ1) is 13.9. The van der Waals surface area contributed by atoms with E-state index >= 15 is 0 Å². The van der Waals surface area contributed by atoms with Gasteiger partial charge in [0.1, 0.15) is 5.65 Å². The van der Waals surface area contributed by atoms with Gasteiger partial charge in [0.2, 0.25) is 5.95 Å². The molecule has 0 fully saturated rings. The summed E-state index contributed by atoms with van der Waals surface area (Å²) in [5, 5.41) is 26.5. The van der Waals surface area contributed by atoms with Crippen molar-refractivity contribution in [2.24, 2.45) is 11.8 Å². The Bertz CT molecular complexity index is 964. The molecule has 0 spiro atoms. The van der Waals surface area contributed by atoms with E-state index in [1.54, 1.807) is 12.4 Å². The second-order valence-corrected chi connectivity index (χ2v) is 7.55. The van der Waals surface area contributed by atoms with Crippen molar-refractivity contribution >= 4 is 28.6 Å². The lowest BCUT2D eigenvalue weighted by Crippen LogP contribution is -2.20. The summed E-state index contributed by atoms with van der Waals surface area (Å²) >= 11 is 0. The topological polar surface area (TPSA) is 118 Å². The summed E-state index contributed by atoms with van der Waals surface area (Å²) < 4.78 is 3.47. The molecule has 156 valence electrons. The molecule has 3 N–H and O–H groups in total. The first-order valence-electron chi connectivity index (χ1n) is 9.89. The number of hydrogen-bond donors (Lipinski definition) is 3. The van der Waals surface area contributed by atoms with E-state index < -0.39 is 12.0 Å². The van der Waals surface area contributed by atoms with Gasteiger partial charge in [-0.3, -0.25) is 4.68 Å². The van der Waals surface area contributed by atoms with Gasteiger partial charge < -0.3 is 20.1 Å². The third-order valence-electron chi connectivity index (χ3n) is 5.26. The molecule has 2 unspecified atom stereocenters. The number of aliphatic hydroxyl groups excluding tert-OH is 1. The van der Waals surface area contributed by atoms with Gasteiger partial charge in [0, 0.05) is 43.5 Å². The van der Waals surface area contributed by atoms with Gasteiger partial charge in [0.25, 0.3) is 0 Å². The van der Waals surface area contributed by atoms with Crippen LogP contribution in [0.4, 0.5) is 11.6 Å². The number of fused-ring (bicyclic) bond motifs is 1. The maximum absolute atomic E-state index is 11.4. The van der Waals surface area contributed by atoms with Crippen LogP contribution < -0.4 is 5.32 Å². The quantitative estimate of drug-likeness (QED) is 0.478. The normalized spacial score (nSPS) is 13.7. The maximum Gasteiger partial charge on any atom is 0.328 e. The van der Waals surface area contributed by atoms with Crippen LogP contribution in [0, 0.1) is 11.8 Å². The Balaban J connectivity index is 1.81. The van der Waals surface area contributed by atoms with Crippen LogP contribution in [0.1, 0.15) is 39.7 Å². The average Bonchev–Trinajstić information content (AvgIpc) is 3.30. The second-order valence-electron chi connectivity index (χ2n) is 7.55. The van der Waals surface area contributed by atoms with E-state index in [0.29, 0.717) is 23.5 Å². The highest BCUT2D eigenvalue weighted by molar-refractivity contribution is 5.76. The number of aliphatic carboxylic acids is 1. The molecule has 29 heavy (non-hydrogen) atoms. The van der Waals surface area contributed by atoms with Gasteiger partial charge in [-0.15, -0.1) is 0 Å². The molecule has 3 aromatic heterocycles. The molecule has 0 aromatic carbocycles. The molecule has 9 heteroatoms. The second kappa shape index (κ2) is 9.04. The third-order valence-corrected chi connectivity index (χ3v) is 5.26. The van der Waals surface area contributed by atoms with E-state index in [0.717, 1.165) is 24.0 Å². The van der Waals surface area contributed by atoms with Gasteiger partial charge in [-0.1, -0.05) is 27.2 Å². The van der Waals surface area contributed by atoms with Crippen molar-refractivity contribution in [1.29, 1.82) is 0 Å². The predicted molar refractivity (Wildman–Crippen MR) is 110 cm³/mol. The first kappa shape index (κ1) is 20.8. The van der Waals surface area contributed by atoms with Crippen LogP contribution in [0.15, 0.2) is 30.9 Å². The summed E-state index contributed by atoms with van der Waals surface area (Å²) in [6.07, 6.45) is 8.09. The van der Waals surface area contributed by atoms with Crippen molar-refractivity contribution in [2.75, 3.05) is 11.9 Å². The number of carbonyl (C=O) groups is 1. The SMILES string of the molecule is CCC(Cn1ccc2cnc(Nc3cnn(C(CCO)C(=O)O)c3)nc21)C(C)C. The van der Waals surface area contributed by atoms with E-state index in [1.807, 2.05) is 12.3 Å². The molecule has 0 radical (unpaired) electrons. The molecular formula is C20H28N6O3. The average molecular weight is 400 g/mol. The number of carboxylic acid groups (broad SMARTS) is 1. The molecule has 3 heterocycles. The predicted octanol–water partition coefficient (Wildman–Crippen LogP) is 3.06. The molecule has 0 aliphatic rings. The van der Waals surface area contributed by atoms with E-state index in [-0.39, 0.29) is 13.0 Å². The summed E-state index contributed by atoms with van der Waals surface area (Å²) in [5.74, 6) is 0.530. The number of carboxylic acids is 1. The van der Waals surface area contributed by atoms with Gasteiger partial charge in [-0.25, -0.2) is 9.78 Å². The summed E-state index contributed by atoms with van der Waals surface area (Å²) in [5.41, 5.74) is 1.44. The molecule has 0 bridgehead atoms. The number of nitrogens with zero attached hydrogens (tertiary/aromatic N) is 5. The van der Waals surface area contributed by atoms with E-state index in [2.05, 4.69) is 45.7 Å². The Morgan fingerprint density at radius 2 is 2.10 bits per heavy atom. The lowest BCUT2D eigenvalue weighted by Gasteiger charge is -2.20. The van der Waals surface area contributed by atoms with Crippen LogP contribution in [0.2, 0.25) is 0 Å². The summed E-state index contributed by atoms with van der Waals surface area (Å²) in [4.78, 5) is 20.3. The molecule has 2 atom stereocenters. The van der Waals surface area contributed by atoms with Crippen LogP contribution in [0.25, 0.3) is 11.0 Å². The van der Waals surface area contributed by atoms with E-state index in [9.17, 15) is 9.90 Å². The standard InChI is InChI=1S/C20H28N6O3/c1-4-14(13(2)3)11-25-7-5-15-9-21-20(24-18(15)25)23-16-10-22-26(12-16)17(6-8-27)19(28)29/h5,7,9-10,12-14,17,27H,4,6,8,11H2,1-3H3,(H,28,29)(H,21,23,24). The molecule has 3 rings (SSSR count). The zero-order valence-corrected chi connectivity index (χ0v) is 17.0. The Kier molecular flexibility index (Phi) is 6.48. The molecule has 0 aliphatic carbocycles. The van der Waals surface area contributed by atoms with Gasteiger partial charge in [0.05, 0.1) is 11.9 Å². The van der Waals surface area contributed by atoms with Crippen molar-refractivity contribution in [3.05, 3.63) is 30.9 Å². The number of aromatic nitrogens is 5.